The third kappa shape index (κ3) is 5.71. The molecule has 1 heterocycles. The Labute approximate surface area is 146 Å². The highest BCUT2D eigenvalue weighted by atomic mass is 16.5. The summed E-state index contributed by atoms with van der Waals surface area (Å²) in [6, 6.07) is 8.15. The van der Waals surface area contributed by atoms with Gasteiger partial charge in [0, 0.05) is 25.7 Å². The number of likely N-dealkylation sites (tertiary alicyclic amines) is 1. The van der Waals surface area contributed by atoms with Crippen molar-refractivity contribution < 1.29 is 9.53 Å². The van der Waals surface area contributed by atoms with Gasteiger partial charge < -0.3 is 19.9 Å². The number of hydrogen-bond donors (Lipinski definition) is 1. The summed E-state index contributed by atoms with van der Waals surface area (Å²) in [7, 11) is 0. The molecule has 2 amide bonds. The molecular formula is C19H31N3O2. The third-order valence-corrected chi connectivity index (χ3v) is 4.38. The van der Waals surface area contributed by atoms with Gasteiger partial charge in [-0.1, -0.05) is 12.1 Å². The van der Waals surface area contributed by atoms with E-state index in [1.807, 2.05) is 43.0 Å². The zero-order chi connectivity index (χ0) is 17.4. The predicted octanol–water partition coefficient (Wildman–Crippen LogP) is 3.10. The minimum Gasteiger partial charge on any atom is -0.494 e. The molecule has 0 bridgehead atoms. The zero-order valence-corrected chi connectivity index (χ0v) is 15.3. The van der Waals surface area contributed by atoms with E-state index in [9.17, 15) is 4.79 Å². The molecule has 0 aliphatic carbocycles. The number of urea groups is 1. The lowest BCUT2D eigenvalue weighted by Gasteiger charge is -2.26. The molecule has 1 saturated heterocycles. The van der Waals surface area contributed by atoms with Crippen LogP contribution in [0.2, 0.25) is 0 Å². The van der Waals surface area contributed by atoms with Crippen LogP contribution >= 0.6 is 0 Å². The minimum absolute atomic E-state index is 0.0121. The molecule has 0 saturated carbocycles. The van der Waals surface area contributed by atoms with Crippen LogP contribution in [-0.2, 0) is 6.54 Å². The smallest absolute Gasteiger partial charge is 0.317 e. The van der Waals surface area contributed by atoms with Crippen molar-refractivity contribution in [1.29, 1.82) is 0 Å². The van der Waals surface area contributed by atoms with Gasteiger partial charge in [0.25, 0.3) is 0 Å². The number of nitrogens with one attached hydrogen (secondary N) is 1. The van der Waals surface area contributed by atoms with E-state index >= 15 is 0 Å². The van der Waals surface area contributed by atoms with Crippen LogP contribution in [-0.4, -0.2) is 54.7 Å². The maximum absolute atomic E-state index is 12.5. The van der Waals surface area contributed by atoms with Gasteiger partial charge in [0.1, 0.15) is 5.75 Å². The van der Waals surface area contributed by atoms with Crippen LogP contribution in [0.25, 0.3) is 0 Å². The summed E-state index contributed by atoms with van der Waals surface area (Å²) in [4.78, 5) is 16.8. The Balaban J connectivity index is 1.83. The molecule has 0 radical (unpaired) electrons. The van der Waals surface area contributed by atoms with Gasteiger partial charge in [-0.15, -0.1) is 0 Å². The van der Waals surface area contributed by atoms with Crippen molar-refractivity contribution in [3.05, 3.63) is 29.8 Å². The van der Waals surface area contributed by atoms with Gasteiger partial charge in [0.15, 0.2) is 0 Å². The second-order valence-corrected chi connectivity index (χ2v) is 6.45. The quantitative estimate of drug-likeness (QED) is 0.795. The fraction of sp³-hybridized carbons (Fsp3) is 0.632. The van der Waals surface area contributed by atoms with Crippen LogP contribution in [0, 0.1) is 0 Å². The fourth-order valence-corrected chi connectivity index (χ4v) is 3.11. The normalized spacial score (nSPS) is 16.0. The molecule has 1 aliphatic heterocycles. The summed E-state index contributed by atoms with van der Waals surface area (Å²) < 4.78 is 5.46. The Bertz CT molecular complexity index is 498. The molecule has 5 nitrogen and oxygen atoms in total. The van der Waals surface area contributed by atoms with Crippen molar-refractivity contribution in [3.8, 4) is 5.75 Å². The molecule has 5 heteroatoms. The van der Waals surface area contributed by atoms with Crippen molar-refractivity contribution in [2.45, 2.75) is 46.2 Å². The number of carbonyl (C=O) groups is 1. The Morgan fingerprint density at radius 3 is 2.50 bits per heavy atom. The first-order valence-electron chi connectivity index (χ1n) is 9.12. The van der Waals surface area contributed by atoms with Gasteiger partial charge in [-0.2, -0.15) is 0 Å². The monoisotopic (exact) mass is 333 g/mol. The van der Waals surface area contributed by atoms with E-state index in [0.717, 1.165) is 30.9 Å². The summed E-state index contributed by atoms with van der Waals surface area (Å²) in [5.74, 6) is 0.869. The molecule has 0 unspecified atom stereocenters. The topological polar surface area (TPSA) is 44.8 Å². The van der Waals surface area contributed by atoms with Crippen LogP contribution in [0.15, 0.2) is 24.3 Å². The molecule has 1 aromatic rings. The summed E-state index contributed by atoms with van der Waals surface area (Å²) >= 11 is 0. The molecule has 1 aromatic carbocycles. The number of benzene rings is 1. The molecule has 1 fully saturated rings. The first-order valence-corrected chi connectivity index (χ1v) is 9.12. The fourth-order valence-electron chi connectivity index (χ4n) is 3.11. The SMILES string of the molecule is CCOc1ccc(CN(CC)C(=O)N[C@H](C)CN2CCCC2)cc1. The maximum atomic E-state index is 12.5. The van der Waals surface area contributed by atoms with Gasteiger partial charge in [-0.3, -0.25) is 0 Å². The van der Waals surface area contributed by atoms with E-state index in [-0.39, 0.29) is 12.1 Å². The Morgan fingerprint density at radius 2 is 1.92 bits per heavy atom. The van der Waals surface area contributed by atoms with Crippen molar-refractivity contribution in [3.63, 3.8) is 0 Å². The average molecular weight is 333 g/mol. The molecule has 1 aliphatic rings. The number of hydrogen-bond acceptors (Lipinski definition) is 3. The Kier molecular flexibility index (Phi) is 7.37. The predicted molar refractivity (Wildman–Crippen MR) is 97.4 cm³/mol. The Morgan fingerprint density at radius 1 is 1.25 bits per heavy atom. The van der Waals surface area contributed by atoms with E-state index < -0.39 is 0 Å². The molecule has 24 heavy (non-hydrogen) atoms. The molecule has 2 rings (SSSR count). The second kappa shape index (κ2) is 9.52. The molecule has 134 valence electrons. The summed E-state index contributed by atoms with van der Waals surface area (Å²) in [5, 5.41) is 3.13. The minimum atomic E-state index is 0.0121. The molecule has 1 N–H and O–H groups in total. The zero-order valence-electron chi connectivity index (χ0n) is 15.3. The summed E-state index contributed by atoms with van der Waals surface area (Å²) in [6.45, 7) is 11.3. The highest BCUT2D eigenvalue weighted by molar-refractivity contribution is 5.74. The average Bonchev–Trinajstić information content (AvgIpc) is 3.07. The number of nitrogens with zero attached hydrogens (tertiary/aromatic N) is 2. The van der Waals surface area contributed by atoms with Crippen molar-refractivity contribution in [2.24, 2.45) is 0 Å². The van der Waals surface area contributed by atoms with Gasteiger partial charge >= 0.3 is 6.03 Å². The van der Waals surface area contributed by atoms with Crippen LogP contribution in [0.1, 0.15) is 39.2 Å². The van der Waals surface area contributed by atoms with Gasteiger partial charge in [-0.05, 0) is 64.4 Å². The first kappa shape index (κ1) is 18.6. The van der Waals surface area contributed by atoms with Gasteiger partial charge in [0.05, 0.1) is 6.61 Å². The number of carbonyl (C=O) groups excluding carboxylic acids is 1. The van der Waals surface area contributed by atoms with Gasteiger partial charge in [-0.25, -0.2) is 4.79 Å². The van der Waals surface area contributed by atoms with Crippen molar-refractivity contribution in [1.82, 2.24) is 15.1 Å². The lowest BCUT2D eigenvalue weighted by molar-refractivity contribution is 0.190. The molecular weight excluding hydrogens is 302 g/mol. The van der Waals surface area contributed by atoms with Crippen LogP contribution in [0.3, 0.4) is 0 Å². The molecule has 0 aromatic heterocycles. The highest BCUT2D eigenvalue weighted by Crippen LogP contribution is 2.14. The Hall–Kier alpha value is -1.75. The largest absolute Gasteiger partial charge is 0.494 e. The van der Waals surface area contributed by atoms with Crippen LogP contribution in [0.4, 0.5) is 4.79 Å². The lowest BCUT2D eigenvalue weighted by atomic mass is 10.2. The van der Waals surface area contributed by atoms with Gasteiger partial charge in [0.2, 0.25) is 0 Å². The number of amides is 2. The van der Waals surface area contributed by atoms with E-state index in [1.54, 1.807) is 0 Å². The van der Waals surface area contributed by atoms with Crippen molar-refractivity contribution >= 4 is 6.03 Å². The van der Waals surface area contributed by atoms with Crippen LogP contribution in [0.5, 0.6) is 5.75 Å². The van der Waals surface area contributed by atoms with E-state index in [2.05, 4.69) is 17.1 Å². The van der Waals surface area contributed by atoms with Crippen LogP contribution < -0.4 is 10.1 Å². The molecule has 0 spiro atoms. The van der Waals surface area contributed by atoms with Crippen molar-refractivity contribution in [2.75, 3.05) is 32.8 Å². The first-order chi connectivity index (χ1) is 11.6. The van der Waals surface area contributed by atoms with E-state index in [0.29, 0.717) is 19.7 Å². The maximum Gasteiger partial charge on any atom is 0.317 e. The van der Waals surface area contributed by atoms with E-state index in [1.165, 1.54) is 12.8 Å². The standard InChI is InChI=1S/C19H31N3O2/c1-4-22(15-17-8-10-18(11-9-17)24-5-2)19(23)20-16(3)14-21-12-6-7-13-21/h8-11,16H,4-7,12-15H2,1-3H3,(H,20,23)/t16-/m1/s1. The number of rotatable bonds is 8. The van der Waals surface area contributed by atoms with E-state index in [4.69, 9.17) is 4.74 Å². The summed E-state index contributed by atoms with van der Waals surface area (Å²) in [6.07, 6.45) is 2.55. The third-order valence-electron chi connectivity index (χ3n) is 4.38. The summed E-state index contributed by atoms with van der Waals surface area (Å²) in [5.41, 5.74) is 1.11. The lowest BCUT2D eigenvalue weighted by Crippen LogP contribution is -2.47. The second-order valence-electron chi connectivity index (χ2n) is 6.45. The number of ether oxygens (including phenoxy) is 1. The highest BCUT2D eigenvalue weighted by Gasteiger charge is 2.18. The molecule has 1 atom stereocenters.